The maximum absolute atomic E-state index is 12.1. The fraction of sp³-hybridized carbons (Fsp3) is 0.462. The molecule has 0 aliphatic carbocycles. The number of halogens is 3. The van der Waals surface area contributed by atoms with Crippen molar-refractivity contribution in [2.75, 3.05) is 13.7 Å². The van der Waals surface area contributed by atoms with Crippen LogP contribution < -0.4 is 15.2 Å². The maximum atomic E-state index is 12.1. The summed E-state index contributed by atoms with van der Waals surface area (Å²) in [6, 6.07) is 2.74. The molecule has 0 amide bonds. The van der Waals surface area contributed by atoms with Crippen LogP contribution in [0.2, 0.25) is 0 Å². The minimum absolute atomic E-state index is 0.105. The van der Waals surface area contributed by atoms with E-state index >= 15 is 0 Å². The monoisotopic (exact) mass is 307 g/mol. The highest BCUT2D eigenvalue weighted by Gasteiger charge is 2.31. The molecule has 1 aromatic rings. The highest BCUT2D eigenvalue weighted by molar-refractivity contribution is 5.70. The summed E-state index contributed by atoms with van der Waals surface area (Å²) < 4.78 is 50.0. The van der Waals surface area contributed by atoms with Gasteiger partial charge in [-0.1, -0.05) is 6.07 Å². The summed E-state index contributed by atoms with van der Waals surface area (Å²) in [4.78, 5) is 11.4. The van der Waals surface area contributed by atoms with Crippen LogP contribution in [0, 0.1) is 0 Å². The van der Waals surface area contributed by atoms with Crippen molar-refractivity contribution in [3.8, 4) is 11.5 Å². The molecular formula is C13H16F3NO4. The Hall–Kier alpha value is -1.96. The van der Waals surface area contributed by atoms with Crippen molar-refractivity contribution < 1.29 is 32.2 Å². The summed E-state index contributed by atoms with van der Waals surface area (Å²) in [7, 11) is 1.29. The zero-order chi connectivity index (χ0) is 16.0. The smallest absolute Gasteiger partial charge is 0.496 e. The van der Waals surface area contributed by atoms with Crippen molar-refractivity contribution in [2.24, 2.45) is 5.73 Å². The molecule has 1 atom stereocenters. The van der Waals surface area contributed by atoms with Crippen molar-refractivity contribution in [1.29, 1.82) is 0 Å². The first-order valence-electron chi connectivity index (χ1n) is 6.11. The van der Waals surface area contributed by atoms with Gasteiger partial charge in [-0.25, -0.2) is 0 Å². The fourth-order valence-corrected chi connectivity index (χ4v) is 1.70. The fourth-order valence-electron chi connectivity index (χ4n) is 1.70. The van der Waals surface area contributed by atoms with Gasteiger partial charge in [0.05, 0.1) is 20.1 Å². The lowest BCUT2D eigenvalue weighted by atomic mass is 10.0. The summed E-state index contributed by atoms with van der Waals surface area (Å²) in [5.41, 5.74) is 6.22. The third-order valence-electron chi connectivity index (χ3n) is 2.53. The van der Waals surface area contributed by atoms with Crippen molar-refractivity contribution >= 4 is 5.97 Å². The maximum Gasteiger partial charge on any atom is 0.573 e. The number of hydrogen-bond acceptors (Lipinski definition) is 5. The molecule has 0 spiro atoms. The van der Waals surface area contributed by atoms with Gasteiger partial charge in [0, 0.05) is 17.7 Å². The minimum atomic E-state index is -4.79. The van der Waals surface area contributed by atoms with E-state index in [9.17, 15) is 18.0 Å². The van der Waals surface area contributed by atoms with Crippen molar-refractivity contribution in [1.82, 2.24) is 0 Å². The summed E-state index contributed by atoms with van der Waals surface area (Å²) in [6.07, 6.45) is -4.90. The molecular weight excluding hydrogens is 291 g/mol. The molecule has 0 saturated carbocycles. The topological polar surface area (TPSA) is 70.8 Å². The molecule has 0 radical (unpaired) electrons. The van der Waals surface area contributed by atoms with Crippen LogP contribution in [0.4, 0.5) is 13.2 Å². The predicted octanol–water partition coefficient (Wildman–Crippen LogP) is 2.55. The van der Waals surface area contributed by atoms with Gasteiger partial charge in [0.2, 0.25) is 0 Å². The van der Waals surface area contributed by atoms with Crippen LogP contribution in [0.15, 0.2) is 18.2 Å². The number of esters is 1. The lowest BCUT2D eigenvalue weighted by molar-refractivity contribution is -0.274. The standard InChI is InChI=1S/C13H16F3NO4/c1-3-20-12(18)7-10(17)9-5-4-8(6-11(9)19-2)21-13(14,15)16/h4-6,10H,3,7,17H2,1-2H3/t10-/m0/s1. The first-order chi connectivity index (χ1) is 9.76. The zero-order valence-corrected chi connectivity index (χ0v) is 11.6. The molecule has 0 heterocycles. The summed E-state index contributed by atoms with van der Waals surface area (Å²) in [6.45, 7) is 1.88. The molecule has 118 valence electrons. The van der Waals surface area contributed by atoms with E-state index in [4.69, 9.17) is 15.2 Å². The third kappa shape index (κ3) is 5.50. The second kappa shape index (κ2) is 7.16. The van der Waals surface area contributed by atoms with E-state index in [-0.39, 0.29) is 18.8 Å². The summed E-state index contributed by atoms with van der Waals surface area (Å²) in [5.74, 6) is -0.817. The molecule has 8 heteroatoms. The van der Waals surface area contributed by atoms with Crippen LogP contribution in [0.3, 0.4) is 0 Å². The Morgan fingerprint density at radius 1 is 1.38 bits per heavy atom. The van der Waals surface area contributed by atoms with E-state index in [0.717, 1.165) is 12.1 Å². The molecule has 0 saturated heterocycles. The van der Waals surface area contributed by atoms with Gasteiger partial charge in [0.1, 0.15) is 11.5 Å². The van der Waals surface area contributed by atoms with Gasteiger partial charge in [-0.3, -0.25) is 4.79 Å². The average Bonchev–Trinajstić information content (AvgIpc) is 2.36. The first-order valence-corrected chi connectivity index (χ1v) is 6.11. The van der Waals surface area contributed by atoms with Crippen LogP contribution in [0.5, 0.6) is 11.5 Å². The van der Waals surface area contributed by atoms with Gasteiger partial charge in [0.15, 0.2) is 0 Å². The number of alkyl halides is 3. The number of methoxy groups -OCH3 is 1. The zero-order valence-electron chi connectivity index (χ0n) is 11.6. The Balaban J connectivity index is 2.90. The van der Waals surface area contributed by atoms with Crippen LogP contribution in [-0.4, -0.2) is 26.0 Å². The van der Waals surface area contributed by atoms with Crippen LogP contribution in [0.25, 0.3) is 0 Å². The van der Waals surface area contributed by atoms with E-state index in [2.05, 4.69) is 4.74 Å². The molecule has 0 aliphatic heterocycles. The Kier molecular flexibility index (Phi) is 5.83. The van der Waals surface area contributed by atoms with E-state index in [0.29, 0.717) is 5.56 Å². The highest BCUT2D eigenvalue weighted by Crippen LogP contribution is 2.32. The normalized spacial score (nSPS) is 12.7. The van der Waals surface area contributed by atoms with Crippen molar-refractivity contribution in [3.63, 3.8) is 0 Å². The second-order valence-corrected chi connectivity index (χ2v) is 4.07. The average molecular weight is 307 g/mol. The lowest BCUT2D eigenvalue weighted by Crippen LogP contribution is -2.19. The van der Waals surface area contributed by atoms with Crippen LogP contribution in [-0.2, 0) is 9.53 Å². The van der Waals surface area contributed by atoms with Gasteiger partial charge in [-0.15, -0.1) is 13.2 Å². The summed E-state index contributed by atoms with van der Waals surface area (Å²) >= 11 is 0. The first kappa shape index (κ1) is 17.1. The Labute approximate surface area is 119 Å². The van der Waals surface area contributed by atoms with Gasteiger partial charge in [-0.2, -0.15) is 0 Å². The molecule has 0 fully saturated rings. The number of carbonyl (C=O) groups is 1. The highest BCUT2D eigenvalue weighted by atomic mass is 19.4. The number of nitrogens with two attached hydrogens (primary N) is 1. The molecule has 2 N–H and O–H groups in total. The molecule has 0 bridgehead atoms. The number of hydrogen-bond donors (Lipinski definition) is 1. The Bertz CT molecular complexity index is 491. The largest absolute Gasteiger partial charge is 0.573 e. The van der Waals surface area contributed by atoms with Crippen molar-refractivity contribution in [3.05, 3.63) is 23.8 Å². The van der Waals surface area contributed by atoms with Crippen molar-refractivity contribution in [2.45, 2.75) is 25.7 Å². The molecule has 5 nitrogen and oxygen atoms in total. The van der Waals surface area contributed by atoms with Gasteiger partial charge < -0.3 is 19.9 Å². The second-order valence-electron chi connectivity index (χ2n) is 4.07. The molecule has 0 unspecified atom stereocenters. The quantitative estimate of drug-likeness (QED) is 0.818. The SMILES string of the molecule is CCOC(=O)C[C@H](N)c1ccc(OC(F)(F)F)cc1OC. The van der Waals surface area contributed by atoms with E-state index in [1.54, 1.807) is 6.92 Å². The molecule has 1 aromatic carbocycles. The summed E-state index contributed by atoms with van der Waals surface area (Å²) in [5, 5.41) is 0. The van der Waals surface area contributed by atoms with Crippen LogP contribution >= 0.6 is 0 Å². The number of rotatable bonds is 6. The molecule has 0 aliphatic rings. The minimum Gasteiger partial charge on any atom is -0.496 e. The van der Waals surface area contributed by atoms with Gasteiger partial charge in [0.25, 0.3) is 0 Å². The molecule has 21 heavy (non-hydrogen) atoms. The number of ether oxygens (including phenoxy) is 3. The third-order valence-corrected chi connectivity index (χ3v) is 2.53. The van der Waals surface area contributed by atoms with E-state index in [1.165, 1.54) is 13.2 Å². The van der Waals surface area contributed by atoms with E-state index < -0.39 is 24.1 Å². The lowest BCUT2D eigenvalue weighted by Gasteiger charge is -2.17. The van der Waals surface area contributed by atoms with E-state index in [1.807, 2.05) is 0 Å². The van der Waals surface area contributed by atoms with Gasteiger partial charge >= 0.3 is 12.3 Å². The number of carbonyl (C=O) groups excluding carboxylic acids is 1. The Morgan fingerprint density at radius 2 is 2.05 bits per heavy atom. The van der Waals surface area contributed by atoms with Crippen LogP contribution in [0.1, 0.15) is 24.9 Å². The molecule has 0 aromatic heterocycles. The van der Waals surface area contributed by atoms with Gasteiger partial charge in [-0.05, 0) is 13.0 Å². The predicted molar refractivity (Wildman–Crippen MR) is 67.9 cm³/mol. The number of benzene rings is 1. The Morgan fingerprint density at radius 3 is 2.57 bits per heavy atom. The molecule has 1 rings (SSSR count).